The molecule has 0 fully saturated rings. The summed E-state index contributed by atoms with van der Waals surface area (Å²) in [5.74, 6) is -1.45. The molecule has 1 aromatic rings. The zero-order chi connectivity index (χ0) is 13.7. The summed E-state index contributed by atoms with van der Waals surface area (Å²) in [6.07, 6.45) is 0. The van der Waals surface area contributed by atoms with Crippen LogP contribution in [0.5, 0.6) is 0 Å². The third kappa shape index (κ3) is 3.80. The van der Waals surface area contributed by atoms with E-state index >= 15 is 0 Å². The fourth-order valence-corrected chi connectivity index (χ4v) is 1.57. The molecule has 2 amide bonds. The lowest BCUT2D eigenvalue weighted by atomic mass is 10.2. The smallest absolute Gasteiger partial charge is 0.254 e. The molecule has 98 valence electrons. The maximum Gasteiger partial charge on any atom is 0.254 e. The fourth-order valence-electron chi connectivity index (χ4n) is 1.24. The zero-order valence-corrected chi connectivity index (χ0v) is 11.8. The molecule has 0 radical (unpaired) electrons. The van der Waals surface area contributed by atoms with Gasteiger partial charge in [0.05, 0.1) is 12.1 Å². The molecule has 0 saturated heterocycles. The molecule has 1 rings (SSSR count). The Kier molecular flexibility index (Phi) is 5.27. The lowest BCUT2D eigenvalue weighted by molar-refractivity contribution is -0.128. The van der Waals surface area contributed by atoms with Gasteiger partial charge in [0.15, 0.2) is 0 Å². The van der Waals surface area contributed by atoms with Crippen molar-refractivity contribution in [1.82, 2.24) is 10.2 Å². The van der Waals surface area contributed by atoms with E-state index < -0.39 is 11.7 Å². The quantitative estimate of drug-likeness (QED) is 0.920. The fraction of sp³-hybridized carbons (Fsp3) is 0.333. The van der Waals surface area contributed by atoms with Crippen molar-refractivity contribution in [2.24, 2.45) is 0 Å². The first kappa shape index (κ1) is 14.6. The Morgan fingerprint density at radius 3 is 2.67 bits per heavy atom. The number of benzene rings is 1. The molecule has 6 heteroatoms. The molecule has 0 bridgehead atoms. The van der Waals surface area contributed by atoms with Crippen molar-refractivity contribution >= 4 is 27.7 Å². The lowest BCUT2D eigenvalue weighted by Crippen LogP contribution is -2.38. The minimum absolute atomic E-state index is 0.0786. The Morgan fingerprint density at radius 1 is 1.44 bits per heavy atom. The molecule has 0 aliphatic heterocycles. The molecule has 0 aliphatic rings. The van der Waals surface area contributed by atoms with Crippen LogP contribution in [0.25, 0.3) is 0 Å². The highest BCUT2D eigenvalue weighted by molar-refractivity contribution is 9.10. The molecule has 0 aliphatic carbocycles. The number of carbonyl (C=O) groups is 2. The zero-order valence-electron chi connectivity index (χ0n) is 10.2. The summed E-state index contributed by atoms with van der Waals surface area (Å²) < 4.78 is 14.0. The van der Waals surface area contributed by atoms with Crippen molar-refractivity contribution in [3.8, 4) is 0 Å². The van der Waals surface area contributed by atoms with Gasteiger partial charge >= 0.3 is 0 Å². The van der Waals surface area contributed by atoms with E-state index in [0.29, 0.717) is 11.0 Å². The highest BCUT2D eigenvalue weighted by atomic mass is 79.9. The van der Waals surface area contributed by atoms with Gasteiger partial charge in [-0.3, -0.25) is 9.59 Å². The maximum absolute atomic E-state index is 13.5. The second-order valence-electron chi connectivity index (χ2n) is 3.71. The van der Waals surface area contributed by atoms with Crippen molar-refractivity contribution in [3.63, 3.8) is 0 Å². The number of likely N-dealkylation sites (N-methyl/N-ethyl adjacent to an activating group) is 1. The predicted octanol–water partition coefficient (Wildman–Crippen LogP) is 1.80. The summed E-state index contributed by atoms with van der Waals surface area (Å²) in [4.78, 5) is 24.6. The molecule has 0 saturated carbocycles. The van der Waals surface area contributed by atoms with Crippen LogP contribution in [0.15, 0.2) is 22.7 Å². The standard InChI is InChI=1S/C12H14BrFN2O2/c1-3-16(2)11(17)7-15-12(18)9-5-4-8(13)6-10(9)14/h4-6H,3,7H2,1-2H3,(H,15,18). The van der Waals surface area contributed by atoms with Crippen LogP contribution < -0.4 is 5.32 Å². The largest absolute Gasteiger partial charge is 0.345 e. The number of nitrogens with zero attached hydrogens (tertiary/aromatic N) is 1. The van der Waals surface area contributed by atoms with Gasteiger partial charge in [0.2, 0.25) is 5.91 Å². The second kappa shape index (κ2) is 6.49. The number of hydrogen-bond acceptors (Lipinski definition) is 2. The molecule has 4 nitrogen and oxygen atoms in total. The van der Waals surface area contributed by atoms with Crippen LogP contribution in [0.4, 0.5) is 4.39 Å². The van der Waals surface area contributed by atoms with Crippen LogP contribution in [-0.4, -0.2) is 36.9 Å². The monoisotopic (exact) mass is 316 g/mol. The Hall–Kier alpha value is -1.43. The van der Waals surface area contributed by atoms with Crippen molar-refractivity contribution in [2.75, 3.05) is 20.1 Å². The molecule has 18 heavy (non-hydrogen) atoms. The van der Waals surface area contributed by atoms with Crippen LogP contribution in [-0.2, 0) is 4.79 Å². The number of amides is 2. The van der Waals surface area contributed by atoms with Gasteiger partial charge in [-0.2, -0.15) is 0 Å². The summed E-state index contributed by atoms with van der Waals surface area (Å²) in [5, 5.41) is 2.39. The van der Waals surface area contributed by atoms with E-state index in [2.05, 4.69) is 21.2 Å². The number of hydrogen-bond donors (Lipinski definition) is 1. The Balaban J connectivity index is 2.63. The van der Waals surface area contributed by atoms with E-state index in [9.17, 15) is 14.0 Å². The van der Waals surface area contributed by atoms with Crippen LogP contribution in [0.1, 0.15) is 17.3 Å². The van der Waals surface area contributed by atoms with Gasteiger partial charge in [-0.15, -0.1) is 0 Å². The summed E-state index contributed by atoms with van der Waals surface area (Å²) in [6, 6.07) is 4.13. The SMILES string of the molecule is CCN(C)C(=O)CNC(=O)c1ccc(Br)cc1F. The first-order valence-corrected chi connectivity index (χ1v) is 6.22. The van der Waals surface area contributed by atoms with E-state index in [1.54, 1.807) is 13.1 Å². The van der Waals surface area contributed by atoms with Gasteiger partial charge in [-0.1, -0.05) is 15.9 Å². The normalized spacial score (nSPS) is 10.0. The van der Waals surface area contributed by atoms with E-state index in [1.165, 1.54) is 17.0 Å². The summed E-state index contributed by atoms with van der Waals surface area (Å²) in [5.41, 5.74) is -0.0786. The maximum atomic E-state index is 13.5. The van der Waals surface area contributed by atoms with Gasteiger partial charge < -0.3 is 10.2 Å². The number of halogens is 2. The van der Waals surface area contributed by atoms with E-state index in [4.69, 9.17) is 0 Å². The first-order chi connectivity index (χ1) is 8.45. The van der Waals surface area contributed by atoms with Crippen molar-refractivity contribution in [1.29, 1.82) is 0 Å². The van der Waals surface area contributed by atoms with E-state index in [0.717, 1.165) is 0 Å². The van der Waals surface area contributed by atoms with Crippen molar-refractivity contribution < 1.29 is 14.0 Å². The molecule has 0 aromatic heterocycles. The summed E-state index contributed by atoms with van der Waals surface area (Å²) >= 11 is 3.10. The molecule has 0 heterocycles. The van der Waals surface area contributed by atoms with Crippen LogP contribution >= 0.6 is 15.9 Å². The Labute approximate surface area is 113 Å². The van der Waals surface area contributed by atoms with Gasteiger partial charge in [-0.25, -0.2) is 4.39 Å². The predicted molar refractivity (Wildman–Crippen MR) is 69.7 cm³/mol. The Morgan fingerprint density at radius 2 is 2.11 bits per heavy atom. The third-order valence-electron chi connectivity index (χ3n) is 2.48. The van der Waals surface area contributed by atoms with Gasteiger partial charge in [0.25, 0.3) is 5.91 Å². The van der Waals surface area contributed by atoms with Crippen molar-refractivity contribution in [2.45, 2.75) is 6.92 Å². The second-order valence-corrected chi connectivity index (χ2v) is 4.63. The molecule has 1 aromatic carbocycles. The van der Waals surface area contributed by atoms with Crippen molar-refractivity contribution in [3.05, 3.63) is 34.1 Å². The van der Waals surface area contributed by atoms with Crippen LogP contribution in [0.3, 0.4) is 0 Å². The number of rotatable bonds is 4. The summed E-state index contributed by atoms with van der Waals surface area (Å²) in [7, 11) is 1.63. The van der Waals surface area contributed by atoms with Crippen LogP contribution in [0.2, 0.25) is 0 Å². The van der Waals surface area contributed by atoms with Crippen LogP contribution in [0, 0.1) is 5.82 Å². The van der Waals surface area contributed by atoms with E-state index in [1.807, 2.05) is 6.92 Å². The van der Waals surface area contributed by atoms with E-state index in [-0.39, 0.29) is 18.0 Å². The Bertz CT molecular complexity index is 465. The van der Waals surface area contributed by atoms with Gasteiger partial charge in [-0.05, 0) is 25.1 Å². The lowest BCUT2D eigenvalue weighted by Gasteiger charge is -2.14. The van der Waals surface area contributed by atoms with Gasteiger partial charge in [0.1, 0.15) is 5.82 Å². The van der Waals surface area contributed by atoms with Gasteiger partial charge in [0, 0.05) is 18.1 Å². The number of carbonyl (C=O) groups excluding carboxylic acids is 2. The molecular weight excluding hydrogens is 303 g/mol. The molecule has 0 atom stereocenters. The highest BCUT2D eigenvalue weighted by Gasteiger charge is 2.14. The number of nitrogens with one attached hydrogen (secondary N) is 1. The average Bonchev–Trinajstić information content (AvgIpc) is 2.34. The molecule has 0 spiro atoms. The summed E-state index contributed by atoms with van der Waals surface area (Å²) in [6.45, 7) is 2.24. The minimum atomic E-state index is -0.627. The molecule has 1 N–H and O–H groups in total. The first-order valence-electron chi connectivity index (χ1n) is 5.43. The molecular formula is C12H14BrFN2O2. The highest BCUT2D eigenvalue weighted by Crippen LogP contribution is 2.14. The molecule has 0 unspecified atom stereocenters. The topological polar surface area (TPSA) is 49.4 Å². The minimum Gasteiger partial charge on any atom is -0.345 e. The third-order valence-corrected chi connectivity index (χ3v) is 2.97. The average molecular weight is 317 g/mol.